The fourth-order valence-corrected chi connectivity index (χ4v) is 4.72. The summed E-state index contributed by atoms with van der Waals surface area (Å²) in [6.07, 6.45) is 0. The first kappa shape index (κ1) is 20.0. The average molecular weight is 420 g/mol. The van der Waals surface area contributed by atoms with Crippen LogP contribution in [-0.4, -0.2) is 48.0 Å². The van der Waals surface area contributed by atoms with E-state index in [1.54, 1.807) is 29.2 Å². The number of aromatic nitrogens is 1. The normalized spacial score (nSPS) is 13.8. The quantitative estimate of drug-likeness (QED) is 0.700. The number of rotatable bonds is 3. The molecule has 0 spiro atoms. The Bertz CT molecular complexity index is 1170. The molecule has 0 unspecified atom stereocenters. The summed E-state index contributed by atoms with van der Waals surface area (Å²) in [7, 11) is 0. The van der Waals surface area contributed by atoms with Crippen molar-refractivity contribution in [2.45, 2.75) is 13.8 Å². The number of ether oxygens (including phenoxy) is 1. The SMILES string of the molecule is Cc1cc(C)c2c(NC(=O)c3ccc(C#N)cc3)c(C(=O)N3CCOCC3)sc2n1. The van der Waals surface area contributed by atoms with E-state index in [9.17, 15) is 9.59 Å². The van der Waals surface area contributed by atoms with Crippen molar-refractivity contribution in [3.63, 3.8) is 0 Å². The summed E-state index contributed by atoms with van der Waals surface area (Å²) in [5.41, 5.74) is 3.19. The highest BCUT2D eigenvalue weighted by atomic mass is 32.1. The number of hydrogen-bond acceptors (Lipinski definition) is 6. The van der Waals surface area contributed by atoms with Crippen LogP contribution in [0.25, 0.3) is 10.2 Å². The molecule has 4 rings (SSSR count). The lowest BCUT2D eigenvalue weighted by Gasteiger charge is -2.26. The lowest BCUT2D eigenvalue weighted by Crippen LogP contribution is -2.40. The Labute approximate surface area is 177 Å². The molecule has 1 fully saturated rings. The summed E-state index contributed by atoms with van der Waals surface area (Å²) < 4.78 is 5.36. The predicted molar refractivity (Wildman–Crippen MR) is 115 cm³/mol. The molecule has 1 saturated heterocycles. The summed E-state index contributed by atoms with van der Waals surface area (Å²) in [5.74, 6) is -0.469. The molecule has 1 aliphatic heterocycles. The van der Waals surface area contributed by atoms with Crippen LogP contribution in [0.1, 0.15) is 36.9 Å². The van der Waals surface area contributed by atoms with Crippen LogP contribution in [0.3, 0.4) is 0 Å². The summed E-state index contributed by atoms with van der Waals surface area (Å²) in [4.78, 5) is 33.7. The van der Waals surface area contributed by atoms with E-state index in [-0.39, 0.29) is 11.8 Å². The van der Waals surface area contributed by atoms with Crippen molar-refractivity contribution in [1.82, 2.24) is 9.88 Å². The smallest absolute Gasteiger partial charge is 0.266 e. The molecule has 1 aromatic carbocycles. The van der Waals surface area contributed by atoms with Gasteiger partial charge in [-0.15, -0.1) is 11.3 Å². The number of aryl methyl sites for hydroxylation is 2. The van der Waals surface area contributed by atoms with Gasteiger partial charge < -0.3 is 15.0 Å². The van der Waals surface area contributed by atoms with E-state index in [1.807, 2.05) is 26.0 Å². The highest BCUT2D eigenvalue weighted by molar-refractivity contribution is 7.21. The molecule has 0 saturated carbocycles. The number of pyridine rings is 1. The van der Waals surface area contributed by atoms with E-state index in [0.29, 0.717) is 48.0 Å². The van der Waals surface area contributed by atoms with Crippen molar-refractivity contribution in [1.29, 1.82) is 5.26 Å². The Hall–Kier alpha value is -3.28. The molecule has 3 aromatic rings. The van der Waals surface area contributed by atoms with Crippen molar-refractivity contribution >= 4 is 39.1 Å². The first-order chi connectivity index (χ1) is 14.5. The monoisotopic (exact) mass is 420 g/mol. The second kappa shape index (κ2) is 8.22. The number of fused-ring (bicyclic) bond motifs is 1. The maximum Gasteiger partial charge on any atom is 0.266 e. The highest BCUT2D eigenvalue weighted by Crippen LogP contribution is 2.38. The molecule has 30 heavy (non-hydrogen) atoms. The zero-order valence-electron chi connectivity index (χ0n) is 16.7. The summed E-state index contributed by atoms with van der Waals surface area (Å²) in [6.45, 7) is 5.89. The lowest BCUT2D eigenvalue weighted by atomic mass is 10.1. The van der Waals surface area contributed by atoms with Gasteiger partial charge in [0, 0.05) is 29.7 Å². The van der Waals surface area contributed by atoms with Crippen molar-refractivity contribution in [2.75, 3.05) is 31.6 Å². The second-order valence-corrected chi connectivity index (χ2v) is 8.11. The molecule has 3 heterocycles. The van der Waals surface area contributed by atoms with Gasteiger partial charge in [0.25, 0.3) is 11.8 Å². The fourth-order valence-electron chi connectivity index (χ4n) is 3.50. The number of anilines is 1. The summed E-state index contributed by atoms with van der Waals surface area (Å²) in [5, 5.41) is 12.7. The van der Waals surface area contributed by atoms with Gasteiger partial charge in [-0.3, -0.25) is 9.59 Å². The zero-order valence-corrected chi connectivity index (χ0v) is 17.5. The number of nitrogens with zero attached hydrogens (tertiary/aromatic N) is 3. The number of thiophene rings is 1. The molecule has 0 atom stereocenters. The van der Waals surface area contributed by atoms with E-state index in [2.05, 4.69) is 10.3 Å². The molecule has 1 aliphatic rings. The standard InChI is InChI=1S/C22H20N4O3S/c1-13-11-14(2)24-21-17(13)18(19(30-21)22(28)26-7-9-29-10-8-26)25-20(27)16-5-3-15(12-23)4-6-16/h3-6,11H,7-10H2,1-2H3,(H,25,27). The van der Waals surface area contributed by atoms with Gasteiger partial charge in [0.2, 0.25) is 0 Å². The van der Waals surface area contributed by atoms with Crippen LogP contribution in [0.2, 0.25) is 0 Å². The third kappa shape index (κ3) is 3.77. The molecule has 152 valence electrons. The molecular weight excluding hydrogens is 400 g/mol. The number of carbonyl (C=O) groups is 2. The van der Waals surface area contributed by atoms with E-state index < -0.39 is 0 Å². The van der Waals surface area contributed by atoms with Gasteiger partial charge in [-0.25, -0.2) is 4.98 Å². The van der Waals surface area contributed by atoms with Gasteiger partial charge in [0.15, 0.2) is 0 Å². The lowest BCUT2D eigenvalue weighted by molar-refractivity contribution is 0.0307. The maximum absolute atomic E-state index is 13.3. The van der Waals surface area contributed by atoms with E-state index in [1.165, 1.54) is 11.3 Å². The highest BCUT2D eigenvalue weighted by Gasteiger charge is 2.27. The molecule has 0 bridgehead atoms. The Morgan fingerprint density at radius 2 is 1.90 bits per heavy atom. The van der Waals surface area contributed by atoms with E-state index >= 15 is 0 Å². The van der Waals surface area contributed by atoms with Gasteiger partial charge in [-0.05, 0) is 49.7 Å². The molecule has 8 heteroatoms. The number of morpholine rings is 1. The van der Waals surface area contributed by atoms with Gasteiger partial charge in [-0.1, -0.05) is 0 Å². The molecule has 1 N–H and O–H groups in total. The fraction of sp³-hybridized carbons (Fsp3) is 0.273. The topological polar surface area (TPSA) is 95.3 Å². The van der Waals surface area contributed by atoms with Crippen molar-refractivity contribution in [3.05, 3.63) is 57.6 Å². The van der Waals surface area contributed by atoms with E-state index in [0.717, 1.165) is 21.5 Å². The van der Waals surface area contributed by atoms with Gasteiger partial charge in [-0.2, -0.15) is 5.26 Å². The molecule has 2 amide bonds. The van der Waals surface area contributed by atoms with Crippen LogP contribution < -0.4 is 5.32 Å². The van der Waals surface area contributed by atoms with Gasteiger partial charge in [0.1, 0.15) is 9.71 Å². The van der Waals surface area contributed by atoms with Crippen LogP contribution >= 0.6 is 11.3 Å². The number of nitriles is 1. The van der Waals surface area contributed by atoms with Crippen LogP contribution in [0.15, 0.2) is 30.3 Å². The van der Waals surface area contributed by atoms with Crippen LogP contribution in [-0.2, 0) is 4.74 Å². The number of carbonyl (C=O) groups excluding carboxylic acids is 2. The molecule has 0 aliphatic carbocycles. The largest absolute Gasteiger partial charge is 0.378 e. The molecular formula is C22H20N4O3S. The third-order valence-electron chi connectivity index (χ3n) is 4.99. The van der Waals surface area contributed by atoms with Crippen molar-refractivity contribution < 1.29 is 14.3 Å². The number of amides is 2. The molecule has 2 aromatic heterocycles. The molecule has 7 nitrogen and oxygen atoms in total. The average Bonchev–Trinajstić information content (AvgIpc) is 3.12. The second-order valence-electron chi connectivity index (χ2n) is 7.11. The summed E-state index contributed by atoms with van der Waals surface area (Å²) >= 11 is 1.30. The van der Waals surface area contributed by atoms with E-state index in [4.69, 9.17) is 10.00 Å². The first-order valence-electron chi connectivity index (χ1n) is 9.57. The van der Waals surface area contributed by atoms with Crippen LogP contribution in [0, 0.1) is 25.2 Å². The van der Waals surface area contributed by atoms with Crippen molar-refractivity contribution in [2.24, 2.45) is 0 Å². The zero-order chi connectivity index (χ0) is 21.3. The Kier molecular flexibility index (Phi) is 5.48. The van der Waals surface area contributed by atoms with Gasteiger partial charge >= 0.3 is 0 Å². The minimum absolute atomic E-state index is 0.131. The Balaban J connectivity index is 1.76. The summed E-state index contributed by atoms with van der Waals surface area (Å²) in [6, 6.07) is 10.4. The third-order valence-corrected chi connectivity index (χ3v) is 6.07. The van der Waals surface area contributed by atoms with Crippen LogP contribution in [0.5, 0.6) is 0 Å². The minimum atomic E-state index is -0.338. The van der Waals surface area contributed by atoms with Crippen molar-refractivity contribution in [3.8, 4) is 6.07 Å². The maximum atomic E-state index is 13.3. The van der Waals surface area contributed by atoms with Gasteiger partial charge in [0.05, 0.1) is 30.5 Å². The minimum Gasteiger partial charge on any atom is -0.378 e. The predicted octanol–water partition coefficient (Wildman–Crippen LogP) is 3.51. The Morgan fingerprint density at radius 1 is 1.20 bits per heavy atom. The number of hydrogen-bond donors (Lipinski definition) is 1. The number of nitrogens with one attached hydrogen (secondary N) is 1. The first-order valence-corrected chi connectivity index (χ1v) is 10.4. The number of benzene rings is 1. The van der Waals surface area contributed by atoms with Crippen LogP contribution in [0.4, 0.5) is 5.69 Å². The Morgan fingerprint density at radius 3 is 2.57 bits per heavy atom. The molecule has 0 radical (unpaired) electrons.